The minimum absolute atomic E-state index is 0.609. The van der Waals surface area contributed by atoms with Gasteiger partial charge < -0.3 is 9.15 Å². The van der Waals surface area contributed by atoms with E-state index in [2.05, 4.69) is 13.0 Å². The molecule has 0 radical (unpaired) electrons. The van der Waals surface area contributed by atoms with E-state index in [9.17, 15) is 0 Å². The molecule has 0 atom stereocenters. The van der Waals surface area contributed by atoms with Crippen molar-refractivity contribution in [3.05, 3.63) is 35.6 Å². The quantitative estimate of drug-likeness (QED) is 0.702. The van der Waals surface area contributed by atoms with Crippen LogP contribution in [0, 0.1) is 6.92 Å². The van der Waals surface area contributed by atoms with Gasteiger partial charge in [0.15, 0.2) is 0 Å². The predicted molar refractivity (Wildman–Crippen MR) is 51.7 cm³/mol. The third kappa shape index (κ3) is 1.33. The molecule has 2 rings (SSSR count). The maximum absolute atomic E-state index is 5.40. The zero-order valence-electron chi connectivity index (χ0n) is 7.83. The summed E-state index contributed by atoms with van der Waals surface area (Å²) in [6, 6.07) is 6.05. The molecule has 0 aliphatic heterocycles. The molecule has 0 N–H and O–H groups in total. The van der Waals surface area contributed by atoms with E-state index in [0.29, 0.717) is 6.61 Å². The largest absolute Gasteiger partial charge is 0.464 e. The molecule has 68 valence electrons. The molecule has 0 fully saturated rings. The van der Waals surface area contributed by atoms with Crippen molar-refractivity contribution in [2.75, 3.05) is 7.11 Å². The predicted octanol–water partition coefficient (Wildman–Crippen LogP) is 2.89. The SMILES string of the molecule is COCc1coc2cccc(C)c12. The fraction of sp³-hybridized carbons (Fsp3) is 0.273. The number of rotatable bonds is 2. The van der Waals surface area contributed by atoms with Crippen molar-refractivity contribution in [1.29, 1.82) is 0 Å². The van der Waals surface area contributed by atoms with Crippen LogP contribution in [0.25, 0.3) is 11.0 Å². The Morgan fingerprint density at radius 1 is 1.38 bits per heavy atom. The summed E-state index contributed by atoms with van der Waals surface area (Å²) in [5, 5.41) is 1.18. The second-order valence-electron chi connectivity index (χ2n) is 3.14. The average molecular weight is 176 g/mol. The van der Waals surface area contributed by atoms with Crippen molar-refractivity contribution in [3.63, 3.8) is 0 Å². The number of hydrogen-bond acceptors (Lipinski definition) is 2. The second kappa shape index (κ2) is 3.23. The third-order valence-electron chi connectivity index (χ3n) is 2.18. The summed E-state index contributed by atoms with van der Waals surface area (Å²) in [5.74, 6) is 0. The zero-order valence-corrected chi connectivity index (χ0v) is 7.83. The monoisotopic (exact) mass is 176 g/mol. The van der Waals surface area contributed by atoms with Gasteiger partial charge in [-0.1, -0.05) is 12.1 Å². The second-order valence-corrected chi connectivity index (χ2v) is 3.14. The first-order valence-corrected chi connectivity index (χ1v) is 4.27. The topological polar surface area (TPSA) is 22.4 Å². The van der Waals surface area contributed by atoms with Gasteiger partial charge in [0.2, 0.25) is 0 Å². The molecule has 0 aliphatic carbocycles. The highest BCUT2D eigenvalue weighted by atomic mass is 16.5. The van der Waals surface area contributed by atoms with Gasteiger partial charge in [-0.15, -0.1) is 0 Å². The van der Waals surface area contributed by atoms with E-state index < -0.39 is 0 Å². The Balaban J connectivity index is 2.64. The Kier molecular flexibility index (Phi) is 2.07. The number of fused-ring (bicyclic) bond motifs is 1. The first-order chi connectivity index (χ1) is 6.33. The summed E-state index contributed by atoms with van der Waals surface area (Å²) < 4.78 is 10.5. The Hall–Kier alpha value is -1.28. The van der Waals surface area contributed by atoms with Crippen molar-refractivity contribution in [2.24, 2.45) is 0 Å². The van der Waals surface area contributed by atoms with Gasteiger partial charge >= 0.3 is 0 Å². The summed E-state index contributed by atoms with van der Waals surface area (Å²) in [6.07, 6.45) is 1.77. The van der Waals surface area contributed by atoms with Crippen LogP contribution in [0.3, 0.4) is 0 Å². The van der Waals surface area contributed by atoms with E-state index in [1.54, 1.807) is 13.4 Å². The lowest BCUT2D eigenvalue weighted by molar-refractivity contribution is 0.185. The van der Waals surface area contributed by atoms with E-state index in [4.69, 9.17) is 9.15 Å². The van der Waals surface area contributed by atoms with Gasteiger partial charge in [0.25, 0.3) is 0 Å². The molecule has 0 aliphatic rings. The summed E-state index contributed by atoms with van der Waals surface area (Å²) in [4.78, 5) is 0. The number of ether oxygens (including phenoxy) is 1. The Morgan fingerprint density at radius 2 is 2.23 bits per heavy atom. The number of methoxy groups -OCH3 is 1. The molecule has 0 saturated heterocycles. The highest BCUT2D eigenvalue weighted by Crippen LogP contribution is 2.24. The van der Waals surface area contributed by atoms with Gasteiger partial charge in [-0.2, -0.15) is 0 Å². The van der Waals surface area contributed by atoms with E-state index in [1.165, 1.54) is 10.9 Å². The molecular formula is C11H12O2. The van der Waals surface area contributed by atoms with Crippen LogP contribution in [-0.4, -0.2) is 7.11 Å². The van der Waals surface area contributed by atoms with Crippen molar-refractivity contribution in [2.45, 2.75) is 13.5 Å². The van der Waals surface area contributed by atoms with Crippen LogP contribution in [-0.2, 0) is 11.3 Å². The van der Waals surface area contributed by atoms with Crippen LogP contribution in [0.4, 0.5) is 0 Å². The van der Waals surface area contributed by atoms with Crippen molar-refractivity contribution < 1.29 is 9.15 Å². The lowest BCUT2D eigenvalue weighted by Crippen LogP contribution is -1.85. The third-order valence-corrected chi connectivity index (χ3v) is 2.18. The first-order valence-electron chi connectivity index (χ1n) is 4.27. The highest BCUT2D eigenvalue weighted by Gasteiger charge is 2.06. The molecule has 2 heteroatoms. The first kappa shape index (κ1) is 8.32. The summed E-state index contributed by atoms with van der Waals surface area (Å²) in [7, 11) is 1.69. The Bertz CT molecular complexity index is 415. The van der Waals surface area contributed by atoms with Crippen LogP contribution in [0.15, 0.2) is 28.9 Å². The zero-order chi connectivity index (χ0) is 9.26. The molecule has 0 bridgehead atoms. The van der Waals surface area contributed by atoms with Gasteiger partial charge in [-0.3, -0.25) is 0 Å². The summed E-state index contributed by atoms with van der Waals surface area (Å²) in [5.41, 5.74) is 3.29. The van der Waals surface area contributed by atoms with Crippen molar-refractivity contribution in [1.82, 2.24) is 0 Å². The van der Waals surface area contributed by atoms with E-state index in [-0.39, 0.29) is 0 Å². The Morgan fingerprint density at radius 3 is 3.00 bits per heavy atom. The molecule has 1 aromatic carbocycles. The lowest BCUT2D eigenvalue weighted by atomic mass is 10.1. The maximum Gasteiger partial charge on any atom is 0.134 e. The van der Waals surface area contributed by atoms with E-state index in [0.717, 1.165) is 11.1 Å². The molecule has 2 aromatic rings. The summed E-state index contributed by atoms with van der Waals surface area (Å²) >= 11 is 0. The van der Waals surface area contributed by atoms with Gasteiger partial charge in [0, 0.05) is 18.1 Å². The van der Waals surface area contributed by atoms with Crippen LogP contribution in [0.2, 0.25) is 0 Å². The molecule has 0 saturated carbocycles. The van der Waals surface area contributed by atoms with Gasteiger partial charge in [0.1, 0.15) is 5.58 Å². The van der Waals surface area contributed by atoms with Crippen LogP contribution in [0.5, 0.6) is 0 Å². The molecule has 1 aromatic heterocycles. The molecule has 0 spiro atoms. The molecule has 0 amide bonds. The van der Waals surface area contributed by atoms with Crippen LogP contribution < -0.4 is 0 Å². The van der Waals surface area contributed by atoms with Crippen LogP contribution in [0.1, 0.15) is 11.1 Å². The van der Waals surface area contributed by atoms with Crippen LogP contribution >= 0.6 is 0 Å². The molecular weight excluding hydrogens is 164 g/mol. The number of furan rings is 1. The average Bonchev–Trinajstić information content (AvgIpc) is 2.51. The number of benzene rings is 1. The van der Waals surface area contributed by atoms with Gasteiger partial charge in [-0.05, 0) is 18.6 Å². The maximum atomic E-state index is 5.40. The molecule has 13 heavy (non-hydrogen) atoms. The minimum atomic E-state index is 0.609. The Labute approximate surface area is 77.1 Å². The van der Waals surface area contributed by atoms with Crippen molar-refractivity contribution in [3.8, 4) is 0 Å². The van der Waals surface area contributed by atoms with Crippen molar-refractivity contribution >= 4 is 11.0 Å². The standard InChI is InChI=1S/C11H12O2/c1-8-4-3-5-10-11(8)9(6-12-2)7-13-10/h3-5,7H,6H2,1-2H3. The highest BCUT2D eigenvalue weighted by molar-refractivity contribution is 5.84. The smallest absolute Gasteiger partial charge is 0.134 e. The minimum Gasteiger partial charge on any atom is -0.464 e. The normalized spacial score (nSPS) is 10.9. The summed E-state index contributed by atoms with van der Waals surface area (Å²) in [6.45, 7) is 2.69. The molecule has 0 unspecified atom stereocenters. The van der Waals surface area contributed by atoms with E-state index in [1.807, 2.05) is 12.1 Å². The van der Waals surface area contributed by atoms with Gasteiger partial charge in [0.05, 0.1) is 12.9 Å². The fourth-order valence-electron chi connectivity index (χ4n) is 1.61. The fourth-order valence-corrected chi connectivity index (χ4v) is 1.61. The van der Waals surface area contributed by atoms with Gasteiger partial charge in [-0.25, -0.2) is 0 Å². The molecule has 2 nitrogen and oxygen atoms in total. The number of aryl methyl sites for hydroxylation is 1. The number of hydrogen-bond donors (Lipinski definition) is 0. The lowest BCUT2D eigenvalue weighted by Gasteiger charge is -1.98. The molecule has 1 heterocycles. The van der Waals surface area contributed by atoms with E-state index >= 15 is 0 Å².